The van der Waals surface area contributed by atoms with Crippen LogP contribution in [0.25, 0.3) is 34.3 Å². The van der Waals surface area contributed by atoms with E-state index >= 15 is 0 Å². The molecule has 0 atom stereocenters. The maximum Gasteiger partial charge on any atom is 0.407 e. The number of likely N-dealkylation sites (tertiary alicyclic amines) is 1. The lowest BCUT2D eigenvalue weighted by molar-refractivity contribution is 0.124. The first kappa shape index (κ1) is 20.9. The fourth-order valence-corrected chi connectivity index (χ4v) is 4.15. The summed E-state index contributed by atoms with van der Waals surface area (Å²) in [6.45, 7) is 0.987. The van der Waals surface area contributed by atoms with E-state index in [1.807, 2.05) is 16.9 Å². The molecule has 1 aliphatic heterocycles. The summed E-state index contributed by atoms with van der Waals surface area (Å²) in [5, 5.41) is 14.5. The van der Waals surface area contributed by atoms with E-state index in [1.165, 1.54) is 11.0 Å². The summed E-state index contributed by atoms with van der Waals surface area (Å²) in [5.41, 5.74) is 3.44. The molecule has 3 aromatic heterocycles. The lowest BCUT2D eigenvalue weighted by atomic mass is 10.1. The van der Waals surface area contributed by atoms with Crippen LogP contribution in [0.5, 0.6) is 0 Å². The van der Waals surface area contributed by atoms with E-state index in [9.17, 15) is 13.6 Å². The summed E-state index contributed by atoms with van der Waals surface area (Å²) in [6, 6.07) is 5.48. The van der Waals surface area contributed by atoms with Gasteiger partial charge in [-0.15, -0.1) is 0 Å². The van der Waals surface area contributed by atoms with Gasteiger partial charge in [0.25, 0.3) is 0 Å². The lowest BCUT2D eigenvalue weighted by Crippen LogP contribution is -2.38. The van der Waals surface area contributed by atoms with Crippen LogP contribution in [-0.2, 0) is 0 Å². The smallest absolute Gasteiger partial charge is 0.407 e. The van der Waals surface area contributed by atoms with Crippen molar-refractivity contribution in [2.75, 3.05) is 13.1 Å². The first-order valence-electron chi connectivity index (χ1n) is 10.6. The number of pyridine rings is 1. The largest absolute Gasteiger partial charge is 0.465 e. The molecule has 4 heterocycles. The predicted molar refractivity (Wildman–Crippen MR) is 120 cm³/mol. The Kier molecular flexibility index (Phi) is 5.37. The number of nitrogens with one attached hydrogen (secondary N) is 1. The number of aromatic amines is 1. The van der Waals surface area contributed by atoms with E-state index in [1.54, 1.807) is 24.7 Å². The molecule has 1 aromatic carbocycles. The number of hydrogen-bond donors (Lipinski definition) is 2. The zero-order chi connectivity index (χ0) is 22.9. The van der Waals surface area contributed by atoms with Gasteiger partial charge in [0.1, 0.15) is 17.3 Å². The second kappa shape index (κ2) is 8.50. The van der Waals surface area contributed by atoms with Crippen LogP contribution in [0.3, 0.4) is 0 Å². The van der Waals surface area contributed by atoms with E-state index in [2.05, 4.69) is 15.1 Å². The van der Waals surface area contributed by atoms with Gasteiger partial charge in [0.2, 0.25) is 0 Å². The van der Waals surface area contributed by atoms with Gasteiger partial charge >= 0.3 is 6.09 Å². The Balaban J connectivity index is 1.39. The van der Waals surface area contributed by atoms with Crippen LogP contribution in [0.4, 0.5) is 13.6 Å². The third-order valence-electron chi connectivity index (χ3n) is 6.01. The van der Waals surface area contributed by atoms with Gasteiger partial charge in [-0.3, -0.25) is 4.68 Å². The summed E-state index contributed by atoms with van der Waals surface area (Å²) in [4.78, 5) is 20.1. The Labute approximate surface area is 188 Å². The molecule has 0 unspecified atom stereocenters. The number of halogens is 2. The molecule has 0 radical (unpaired) electrons. The van der Waals surface area contributed by atoms with Gasteiger partial charge < -0.3 is 15.0 Å². The van der Waals surface area contributed by atoms with E-state index in [4.69, 9.17) is 5.11 Å². The van der Waals surface area contributed by atoms with Gasteiger partial charge in [-0.1, -0.05) is 12.2 Å². The molecule has 9 heteroatoms. The van der Waals surface area contributed by atoms with E-state index < -0.39 is 17.7 Å². The zero-order valence-corrected chi connectivity index (χ0v) is 17.6. The molecule has 33 heavy (non-hydrogen) atoms. The molecule has 0 bridgehead atoms. The Morgan fingerprint density at radius 3 is 2.67 bits per heavy atom. The topological polar surface area (TPSA) is 87.0 Å². The van der Waals surface area contributed by atoms with Crippen molar-refractivity contribution in [3.05, 3.63) is 71.8 Å². The van der Waals surface area contributed by atoms with E-state index in [-0.39, 0.29) is 11.6 Å². The molecule has 7 nitrogen and oxygen atoms in total. The van der Waals surface area contributed by atoms with Crippen LogP contribution in [0.2, 0.25) is 0 Å². The van der Waals surface area contributed by atoms with Crippen LogP contribution in [0.15, 0.2) is 49.1 Å². The molecule has 4 aromatic rings. The molecule has 0 aliphatic carbocycles. The highest BCUT2D eigenvalue weighted by molar-refractivity contribution is 5.91. The molecule has 1 amide bonds. The van der Waals surface area contributed by atoms with Crippen molar-refractivity contribution in [3.8, 4) is 11.1 Å². The molecule has 1 aliphatic rings. The number of nitrogens with zero attached hydrogens (tertiary/aromatic N) is 4. The van der Waals surface area contributed by atoms with Crippen molar-refractivity contribution >= 4 is 29.3 Å². The number of piperidine rings is 1. The Morgan fingerprint density at radius 1 is 1.09 bits per heavy atom. The minimum absolute atomic E-state index is 0.151. The van der Waals surface area contributed by atoms with Crippen molar-refractivity contribution in [1.82, 2.24) is 24.6 Å². The molecule has 1 saturated heterocycles. The van der Waals surface area contributed by atoms with E-state index in [0.717, 1.165) is 40.3 Å². The first-order chi connectivity index (χ1) is 16.0. The maximum absolute atomic E-state index is 13.9. The number of rotatable bonds is 4. The van der Waals surface area contributed by atoms with Gasteiger partial charge in [-0.2, -0.15) is 5.10 Å². The fraction of sp³-hybridized carbons (Fsp3) is 0.208. The number of fused-ring (bicyclic) bond motifs is 1. The molecule has 1 fully saturated rings. The second-order valence-electron chi connectivity index (χ2n) is 8.07. The third kappa shape index (κ3) is 4.21. The van der Waals surface area contributed by atoms with Crippen molar-refractivity contribution in [3.63, 3.8) is 0 Å². The second-order valence-corrected chi connectivity index (χ2v) is 8.07. The highest BCUT2D eigenvalue weighted by Gasteiger charge is 2.24. The van der Waals surface area contributed by atoms with Gasteiger partial charge in [-0.05, 0) is 37.1 Å². The molecule has 0 saturated carbocycles. The van der Waals surface area contributed by atoms with Crippen molar-refractivity contribution in [2.45, 2.75) is 18.9 Å². The molecule has 0 spiro atoms. The normalized spacial score (nSPS) is 15.0. The SMILES string of the molecule is O=C(O)N1CCC(n2cc(-c3cnc4[nH]cc(/C=C/c5cc(F)ccc5F)c4c3)cn2)CC1. The number of amides is 1. The van der Waals surface area contributed by atoms with Gasteiger partial charge in [0.05, 0.1) is 12.2 Å². The Morgan fingerprint density at radius 2 is 1.88 bits per heavy atom. The van der Waals surface area contributed by atoms with Crippen LogP contribution in [-0.4, -0.2) is 48.9 Å². The van der Waals surface area contributed by atoms with Crippen molar-refractivity contribution in [1.29, 1.82) is 0 Å². The summed E-state index contributed by atoms with van der Waals surface area (Å²) in [6.07, 6.45) is 11.1. The standard InChI is InChI=1S/C24H21F2N5O2/c25-19-3-4-22(26)15(9-19)1-2-16-11-27-23-21(16)10-17(12-28-23)18-13-29-31(14-18)20-5-7-30(8-6-20)24(32)33/h1-4,9-14,20H,5-8H2,(H,27,28)(H,32,33)/b2-1+. The average molecular weight is 449 g/mol. The number of carboxylic acid groups (broad SMARTS) is 1. The fourth-order valence-electron chi connectivity index (χ4n) is 4.15. The summed E-state index contributed by atoms with van der Waals surface area (Å²) in [7, 11) is 0. The Hall–Kier alpha value is -4.01. The maximum atomic E-state index is 13.9. The first-order valence-corrected chi connectivity index (χ1v) is 10.6. The monoisotopic (exact) mass is 449 g/mol. The number of H-pyrrole nitrogens is 1. The van der Waals surface area contributed by atoms with Crippen molar-refractivity contribution < 1.29 is 18.7 Å². The van der Waals surface area contributed by atoms with Crippen LogP contribution in [0, 0.1) is 11.6 Å². The molecular weight excluding hydrogens is 428 g/mol. The van der Waals surface area contributed by atoms with Gasteiger partial charge in [0, 0.05) is 59.3 Å². The van der Waals surface area contributed by atoms with Crippen LogP contribution < -0.4 is 0 Å². The number of benzene rings is 1. The highest BCUT2D eigenvalue weighted by Crippen LogP contribution is 2.28. The zero-order valence-electron chi connectivity index (χ0n) is 17.6. The van der Waals surface area contributed by atoms with Crippen LogP contribution in [0.1, 0.15) is 30.0 Å². The van der Waals surface area contributed by atoms with E-state index in [0.29, 0.717) is 31.6 Å². The number of carbonyl (C=O) groups is 1. The quantitative estimate of drug-likeness (QED) is 0.449. The van der Waals surface area contributed by atoms with Crippen molar-refractivity contribution in [2.24, 2.45) is 0 Å². The molecule has 5 rings (SSSR count). The van der Waals surface area contributed by atoms with Crippen LogP contribution >= 0.6 is 0 Å². The molecular formula is C24H21F2N5O2. The summed E-state index contributed by atoms with van der Waals surface area (Å²) < 4.78 is 29.3. The molecule has 168 valence electrons. The third-order valence-corrected chi connectivity index (χ3v) is 6.01. The Bertz CT molecular complexity index is 1350. The summed E-state index contributed by atoms with van der Waals surface area (Å²) >= 11 is 0. The minimum Gasteiger partial charge on any atom is -0.465 e. The van der Waals surface area contributed by atoms with Gasteiger partial charge in [-0.25, -0.2) is 18.6 Å². The minimum atomic E-state index is -0.884. The predicted octanol–water partition coefficient (Wildman–Crippen LogP) is 5.19. The lowest BCUT2D eigenvalue weighted by Gasteiger charge is -2.30. The number of hydrogen-bond acceptors (Lipinski definition) is 3. The summed E-state index contributed by atoms with van der Waals surface area (Å²) in [5.74, 6) is -0.988. The average Bonchev–Trinajstić information content (AvgIpc) is 3.47. The van der Waals surface area contributed by atoms with Gasteiger partial charge in [0.15, 0.2) is 0 Å². The highest BCUT2D eigenvalue weighted by atomic mass is 19.1. The molecule has 2 N–H and O–H groups in total. The number of aromatic nitrogens is 4.